The number of nitrogens with one attached hydrogen (secondary N) is 2. The maximum atomic E-state index is 12.4. The topological polar surface area (TPSA) is 107 Å². The predicted octanol–water partition coefficient (Wildman–Crippen LogP) is 3.41. The molecule has 7 nitrogen and oxygen atoms in total. The lowest BCUT2D eigenvalue weighted by molar-refractivity contribution is -0.124. The van der Waals surface area contributed by atoms with Crippen molar-refractivity contribution < 1.29 is 4.79 Å². The zero-order valence-electron chi connectivity index (χ0n) is 18.6. The van der Waals surface area contributed by atoms with E-state index in [4.69, 9.17) is 0 Å². The number of amides is 1. The van der Waals surface area contributed by atoms with Crippen LogP contribution in [0.15, 0.2) is 54.9 Å². The third kappa shape index (κ3) is 5.11. The van der Waals surface area contributed by atoms with Gasteiger partial charge in [-0.2, -0.15) is 10.5 Å². The van der Waals surface area contributed by atoms with Crippen LogP contribution < -0.4 is 10.6 Å². The Balaban J connectivity index is 1.48. The highest BCUT2D eigenvalue weighted by Gasteiger charge is 2.23. The van der Waals surface area contributed by atoms with E-state index in [1.54, 1.807) is 6.20 Å². The number of piperidine rings is 1. The standard InChI is InChI=1S/C26H26N6O/c1-18-29-12-13-32(18)25-15-21(9-10-22(25)16-27)20-7-5-19(6-8-20)14-23(17-28)31-26(33)24-4-2-3-11-30-24/h5-10,12-13,15,23-24,30H,2-4,11,14H2,1H3,(H,31,33)/t23-,24?/m0/s1. The Kier molecular flexibility index (Phi) is 6.83. The number of hydrogen-bond acceptors (Lipinski definition) is 5. The summed E-state index contributed by atoms with van der Waals surface area (Å²) in [6, 6.07) is 17.4. The zero-order valence-corrected chi connectivity index (χ0v) is 18.6. The zero-order chi connectivity index (χ0) is 23.2. The predicted molar refractivity (Wildman–Crippen MR) is 125 cm³/mol. The van der Waals surface area contributed by atoms with Crippen LogP contribution in [-0.4, -0.2) is 34.1 Å². The molecule has 2 atom stereocenters. The second-order valence-corrected chi connectivity index (χ2v) is 8.28. The maximum Gasteiger partial charge on any atom is 0.238 e. The number of nitrogens with zero attached hydrogens (tertiary/aromatic N) is 4. The van der Waals surface area contributed by atoms with Gasteiger partial charge in [0.1, 0.15) is 17.9 Å². The summed E-state index contributed by atoms with van der Waals surface area (Å²) in [5.74, 6) is 0.713. The quantitative estimate of drug-likeness (QED) is 0.613. The van der Waals surface area contributed by atoms with Crippen molar-refractivity contribution >= 4 is 5.91 Å². The van der Waals surface area contributed by atoms with Gasteiger partial charge >= 0.3 is 0 Å². The second-order valence-electron chi connectivity index (χ2n) is 8.28. The largest absolute Gasteiger partial charge is 0.339 e. The van der Waals surface area contributed by atoms with Crippen LogP contribution in [0.3, 0.4) is 0 Å². The SMILES string of the molecule is Cc1nccn1-c1cc(-c2ccc(C[C@@H](C#N)NC(=O)C3CCCCN3)cc2)ccc1C#N. The van der Waals surface area contributed by atoms with Crippen LogP contribution >= 0.6 is 0 Å². The second kappa shape index (κ2) is 10.1. The van der Waals surface area contributed by atoms with E-state index in [0.717, 1.165) is 54.0 Å². The Morgan fingerprint density at radius 2 is 2.00 bits per heavy atom. The van der Waals surface area contributed by atoms with Crippen molar-refractivity contribution in [3.05, 3.63) is 71.8 Å². The van der Waals surface area contributed by atoms with Crippen molar-refractivity contribution in [1.29, 1.82) is 10.5 Å². The van der Waals surface area contributed by atoms with Crippen LogP contribution in [0, 0.1) is 29.6 Å². The first-order chi connectivity index (χ1) is 16.1. The molecular weight excluding hydrogens is 412 g/mol. The fourth-order valence-electron chi connectivity index (χ4n) is 4.18. The Morgan fingerprint density at radius 1 is 1.21 bits per heavy atom. The molecule has 0 saturated carbocycles. The molecule has 33 heavy (non-hydrogen) atoms. The summed E-state index contributed by atoms with van der Waals surface area (Å²) in [6.07, 6.45) is 6.93. The molecule has 0 aliphatic carbocycles. The van der Waals surface area contributed by atoms with Crippen molar-refractivity contribution in [1.82, 2.24) is 20.2 Å². The van der Waals surface area contributed by atoms with E-state index >= 15 is 0 Å². The molecule has 1 aromatic heterocycles. The molecule has 2 N–H and O–H groups in total. The summed E-state index contributed by atoms with van der Waals surface area (Å²) < 4.78 is 1.90. The molecule has 2 aromatic carbocycles. The third-order valence-corrected chi connectivity index (χ3v) is 6.03. The Morgan fingerprint density at radius 3 is 2.64 bits per heavy atom. The Hall–Kier alpha value is -3.94. The summed E-state index contributed by atoms with van der Waals surface area (Å²) in [7, 11) is 0. The normalized spacial score (nSPS) is 16.4. The molecular formula is C26H26N6O. The van der Waals surface area contributed by atoms with Gasteiger partial charge in [0.15, 0.2) is 0 Å². The molecule has 1 fully saturated rings. The molecule has 166 valence electrons. The first kappa shape index (κ1) is 22.3. The average molecular weight is 439 g/mol. The molecule has 1 amide bonds. The van der Waals surface area contributed by atoms with Gasteiger partial charge in [-0.3, -0.25) is 4.79 Å². The number of aryl methyl sites for hydroxylation is 1. The van der Waals surface area contributed by atoms with Crippen LogP contribution in [0.1, 0.15) is 36.2 Å². The van der Waals surface area contributed by atoms with Gasteiger partial charge in [-0.25, -0.2) is 4.98 Å². The minimum absolute atomic E-state index is 0.0993. The van der Waals surface area contributed by atoms with Crippen LogP contribution in [0.4, 0.5) is 0 Å². The summed E-state index contributed by atoms with van der Waals surface area (Å²) in [6.45, 7) is 2.74. The summed E-state index contributed by atoms with van der Waals surface area (Å²) in [5, 5.41) is 25.1. The number of aromatic nitrogens is 2. The van der Waals surface area contributed by atoms with Crippen LogP contribution in [0.2, 0.25) is 0 Å². The van der Waals surface area contributed by atoms with E-state index in [-0.39, 0.29) is 11.9 Å². The van der Waals surface area contributed by atoms with E-state index in [9.17, 15) is 15.3 Å². The number of carbonyl (C=O) groups excluding carboxylic acids is 1. The van der Waals surface area contributed by atoms with Gasteiger partial charge in [0.2, 0.25) is 5.91 Å². The van der Waals surface area contributed by atoms with Gasteiger partial charge < -0.3 is 15.2 Å². The van der Waals surface area contributed by atoms with Gasteiger partial charge in [0, 0.05) is 18.8 Å². The van der Waals surface area contributed by atoms with Crippen LogP contribution in [-0.2, 0) is 11.2 Å². The minimum Gasteiger partial charge on any atom is -0.339 e. The first-order valence-electron chi connectivity index (χ1n) is 11.2. The van der Waals surface area contributed by atoms with Gasteiger partial charge in [-0.05, 0) is 55.1 Å². The highest BCUT2D eigenvalue weighted by Crippen LogP contribution is 2.26. The molecule has 2 heterocycles. The molecule has 1 unspecified atom stereocenters. The van der Waals surface area contributed by atoms with Gasteiger partial charge in [0.25, 0.3) is 0 Å². The van der Waals surface area contributed by atoms with E-state index in [2.05, 4.69) is 27.8 Å². The Bertz CT molecular complexity index is 1210. The molecule has 4 rings (SSSR count). The summed E-state index contributed by atoms with van der Waals surface area (Å²) in [4.78, 5) is 16.7. The number of carbonyl (C=O) groups is 1. The molecule has 3 aromatic rings. The van der Waals surface area contributed by atoms with Gasteiger partial charge in [0.05, 0.1) is 23.4 Å². The number of imidazole rings is 1. The molecule has 0 radical (unpaired) electrons. The van der Waals surface area contributed by atoms with E-state index in [1.165, 1.54) is 0 Å². The molecule has 1 aliphatic heterocycles. The van der Waals surface area contributed by atoms with E-state index in [0.29, 0.717) is 12.0 Å². The molecule has 1 saturated heterocycles. The average Bonchev–Trinajstić information content (AvgIpc) is 3.29. The lowest BCUT2D eigenvalue weighted by atomic mass is 9.99. The molecule has 0 bridgehead atoms. The van der Waals surface area contributed by atoms with Crippen molar-refractivity contribution in [3.63, 3.8) is 0 Å². The molecule has 7 heteroatoms. The highest BCUT2D eigenvalue weighted by molar-refractivity contribution is 5.82. The van der Waals surface area contributed by atoms with Crippen LogP contribution in [0.5, 0.6) is 0 Å². The number of nitriles is 2. The maximum absolute atomic E-state index is 12.4. The van der Waals surface area contributed by atoms with E-state index in [1.807, 2.05) is 60.2 Å². The van der Waals surface area contributed by atoms with Crippen molar-refractivity contribution in [2.24, 2.45) is 0 Å². The van der Waals surface area contributed by atoms with Crippen molar-refractivity contribution in [2.45, 2.75) is 44.7 Å². The smallest absolute Gasteiger partial charge is 0.238 e. The summed E-state index contributed by atoms with van der Waals surface area (Å²) in [5.41, 5.74) is 4.33. The molecule has 1 aliphatic rings. The first-order valence-corrected chi connectivity index (χ1v) is 11.2. The number of rotatable bonds is 6. The van der Waals surface area contributed by atoms with Crippen molar-refractivity contribution in [3.8, 4) is 29.0 Å². The third-order valence-electron chi connectivity index (χ3n) is 6.03. The van der Waals surface area contributed by atoms with Gasteiger partial charge in [-0.15, -0.1) is 0 Å². The number of hydrogen-bond donors (Lipinski definition) is 2. The van der Waals surface area contributed by atoms with Gasteiger partial charge in [-0.1, -0.05) is 36.8 Å². The lowest BCUT2D eigenvalue weighted by Gasteiger charge is -2.23. The number of benzene rings is 2. The fraction of sp³-hybridized carbons (Fsp3) is 0.308. The molecule has 0 spiro atoms. The Labute approximate surface area is 193 Å². The fourth-order valence-corrected chi connectivity index (χ4v) is 4.18. The minimum atomic E-state index is -0.571. The lowest BCUT2D eigenvalue weighted by Crippen LogP contribution is -2.49. The van der Waals surface area contributed by atoms with E-state index < -0.39 is 6.04 Å². The monoisotopic (exact) mass is 438 g/mol. The summed E-state index contributed by atoms with van der Waals surface area (Å²) >= 11 is 0. The van der Waals surface area contributed by atoms with Crippen LogP contribution in [0.25, 0.3) is 16.8 Å². The van der Waals surface area contributed by atoms with Crippen molar-refractivity contribution in [2.75, 3.05) is 6.54 Å². The highest BCUT2D eigenvalue weighted by atomic mass is 16.2.